The summed E-state index contributed by atoms with van der Waals surface area (Å²) in [7, 11) is 1.66. The number of ether oxygens (including phenoxy) is 1. The molecular weight excluding hydrogens is 332 g/mol. The Morgan fingerprint density at radius 1 is 1.39 bits per heavy atom. The van der Waals surface area contributed by atoms with Gasteiger partial charge in [-0.05, 0) is 18.3 Å². The summed E-state index contributed by atoms with van der Waals surface area (Å²) in [5.74, 6) is 1.72. The average molecular weight is 359 g/mol. The van der Waals surface area contributed by atoms with Gasteiger partial charge in [-0.15, -0.1) is 10.2 Å². The first-order valence-corrected chi connectivity index (χ1v) is 9.89. The number of amides is 1. The third-order valence-electron chi connectivity index (χ3n) is 4.37. The molecule has 1 aliphatic rings. The lowest BCUT2D eigenvalue weighted by Crippen LogP contribution is -2.44. The third-order valence-corrected chi connectivity index (χ3v) is 6.38. The van der Waals surface area contributed by atoms with E-state index in [1.54, 1.807) is 7.11 Å². The van der Waals surface area contributed by atoms with Crippen molar-refractivity contribution >= 4 is 34.1 Å². The van der Waals surface area contributed by atoms with Gasteiger partial charge in [0.2, 0.25) is 11.0 Å². The molecule has 1 fully saturated rings. The average Bonchev–Trinajstić information content (AvgIpc) is 2.98. The molecular formula is C15H26N4O2S2. The molecule has 0 aromatic carbocycles. The molecule has 1 saturated carbocycles. The summed E-state index contributed by atoms with van der Waals surface area (Å²) in [4.78, 5) is 12.1. The summed E-state index contributed by atoms with van der Waals surface area (Å²) in [6.07, 6.45) is 3.57. The van der Waals surface area contributed by atoms with Gasteiger partial charge < -0.3 is 15.4 Å². The number of rotatable bonds is 8. The van der Waals surface area contributed by atoms with Gasteiger partial charge in [0.1, 0.15) is 0 Å². The number of anilines is 1. The zero-order chi connectivity index (χ0) is 16.7. The van der Waals surface area contributed by atoms with Crippen LogP contribution < -0.4 is 10.6 Å². The Bertz CT molecular complexity index is 498. The number of nitrogens with one attached hydrogen (secondary N) is 2. The van der Waals surface area contributed by atoms with E-state index in [0.29, 0.717) is 36.8 Å². The molecule has 1 heterocycles. The number of hydrogen-bond donors (Lipinski definition) is 2. The SMILES string of the molecule is COCCNc1nnc(SCC(=O)NC2CCCC(C)C2C)s1. The quantitative estimate of drug-likeness (QED) is 0.549. The monoisotopic (exact) mass is 358 g/mol. The number of carbonyl (C=O) groups excluding carboxylic acids is 1. The zero-order valence-corrected chi connectivity index (χ0v) is 15.6. The van der Waals surface area contributed by atoms with Crippen LogP contribution >= 0.6 is 23.1 Å². The van der Waals surface area contributed by atoms with Crippen molar-refractivity contribution in [1.29, 1.82) is 0 Å². The van der Waals surface area contributed by atoms with Gasteiger partial charge in [0.25, 0.3) is 0 Å². The first-order valence-electron chi connectivity index (χ1n) is 8.08. The van der Waals surface area contributed by atoms with Crippen LogP contribution in [-0.4, -0.2) is 48.2 Å². The maximum Gasteiger partial charge on any atom is 0.230 e. The fourth-order valence-electron chi connectivity index (χ4n) is 2.76. The number of hydrogen-bond acceptors (Lipinski definition) is 7. The minimum absolute atomic E-state index is 0.0880. The summed E-state index contributed by atoms with van der Waals surface area (Å²) < 4.78 is 5.78. The summed E-state index contributed by atoms with van der Waals surface area (Å²) in [5.41, 5.74) is 0. The van der Waals surface area contributed by atoms with E-state index in [2.05, 4.69) is 34.7 Å². The van der Waals surface area contributed by atoms with Crippen LogP contribution in [0.15, 0.2) is 4.34 Å². The molecule has 0 aliphatic heterocycles. The molecule has 2 N–H and O–H groups in total. The van der Waals surface area contributed by atoms with Gasteiger partial charge in [-0.3, -0.25) is 4.79 Å². The van der Waals surface area contributed by atoms with Crippen molar-refractivity contribution in [3.05, 3.63) is 0 Å². The van der Waals surface area contributed by atoms with Gasteiger partial charge in [-0.2, -0.15) is 0 Å². The van der Waals surface area contributed by atoms with Crippen molar-refractivity contribution < 1.29 is 9.53 Å². The van der Waals surface area contributed by atoms with E-state index in [-0.39, 0.29) is 5.91 Å². The lowest BCUT2D eigenvalue weighted by molar-refractivity contribution is -0.119. The third kappa shape index (κ3) is 5.93. The second kappa shape index (κ2) is 9.44. The molecule has 3 atom stereocenters. The predicted octanol–water partition coefficient (Wildman–Crippen LogP) is 2.63. The number of thioether (sulfide) groups is 1. The van der Waals surface area contributed by atoms with E-state index >= 15 is 0 Å². The lowest BCUT2D eigenvalue weighted by Gasteiger charge is -2.34. The second-order valence-electron chi connectivity index (χ2n) is 6.02. The maximum atomic E-state index is 12.1. The lowest BCUT2D eigenvalue weighted by atomic mass is 9.78. The second-order valence-corrected chi connectivity index (χ2v) is 8.22. The minimum Gasteiger partial charge on any atom is -0.383 e. The summed E-state index contributed by atoms with van der Waals surface area (Å²) in [6.45, 7) is 5.85. The van der Waals surface area contributed by atoms with E-state index in [0.717, 1.165) is 15.9 Å². The number of aromatic nitrogens is 2. The van der Waals surface area contributed by atoms with Crippen molar-refractivity contribution in [2.75, 3.05) is 31.3 Å². The Kier molecular flexibility index (Phi) is 7.58. The highest BCUT2D eigenvalue weighted by atomic mass is 32.2. The van der Waals surface area contributed by atoms with Crippen molar-refractivity contribution in [2.45, 2.75) is 43.5 Å². The van der Waals surface area contributed by atoms with E-state index in [9.17, 15) is 4.79 Å². The van der Waals surface area contributed by atoms with Gasteiger partial charge >= 0.3 is 0 Å². The Labute approximate surface area is 146 Å². The Hall–Kier alpha value is -0.860. The molecule has 1 aliphatic carbocycles. The number of nitrogens with zero attached hydrogens (tertiary/aromatic N) is 2. The zero-order valence-electron chi connectivity index (χ0n) is 14.0. The Balaban J connectivity index is 1.71. The van der Waals surface area contributed by atoms with Crippen LogP contribution in [0.1, 0.15) is 33.1 Å². The van der Waals surface area contributed by atoms with Gasteiger partial charge in [-0.1, -0.05) is 49.8 Å². The molecule has 130 valence electrons. The highest BCUT2D eigenvalue weighted by Crippen LogP contribution is 2.30. The molecule has 0 radical (unpaired) electrons. The van der Waals surface area contributed by atoms with Gasteiger partial charge in [0, 0.05) is 19.7 Å². The van der Waals surface area contributed by atoms with E-state index in [4.69, 9.17) is 4.74 Å². The van der Waals surface area contributed by atoms with E-state index < -0.39 is 0 Å². The van der Waals surface area contributed by atoms with E-state index in [1.165, 1.54) is 35.9 Å². The van der Waals surface area contributed by atoms with Crippen LogP contribution in [0.3, 0.4) is 0 Å². The molecule has 23 heavy (non-hydrogen) atoms. The van der Waals surface area contributed by atoms with Gasteiger partial charge in [0.15, 0.2) is 4.34 Å². The van der Waals surface area contributed by atoms with Crippen LogP contribution in [0.4, 0.5) is 5.13 Å². The number of carbonyl (C=O) groups is 1. The van der Waals surface area contributed by atoms with Gasteiger partial charge in [-0.25, -0.2) is 0 Å². The van der Waals surface area contributed by atoms with Crippen molar-refractivity contribution in [3.63, 3.8) is 0 Å². The van der Waals surface area contributed by atoms with Crippen molar-refractivity contribution in [3.8, 4) is 0 Å². The molecule has 1 aromatic heterocycles. The Morgan fingerprint density at radius 3 is 3.00 bits per heavy atom. The molecule has 1 aromatic rings. The highest BCUT2D eigenvalue weighted by molar-refractivity contribution is 8.01. The first kappa shape index (κ1) is 18.5. The van der Waals surface area contributed by atoms with Crippen LogP contribution in [0.5, 0.6) is 0 Å². The molecule has 3 unspecified atom stereocenters. The summed E-state index contributed by atoms with van der Waals surface area (Å²) >= 11 is 2.91. The topological polar surface area (TPSA) is 76.1 Å². The molecule has 8 heteroatoms. The summed E-state index contributed by atoms with van der Waals surface area (Å²) in [5, 5.41) is 15.2. The van der Waals surface area contributed by atoms with Gasteiger partial charge in [0.05, 0.1) is 12.4 Å². The standard InChI is InChI=1S/C15H26N4O2S2/c1-10-5-4-6-12(11(10)2)17-13(20)9-22-15-19-18-14(23-15)16-7-8-21-3/h10-12H,4-9H2,1-3H3,(H,16,18)(H,17,20). The molecule has 1 amide bonds. The van der Waals surface area contributed by atoms with Crippen LogP contribution in [0.2, 0.25) is 0 Å². The van der Waals surface area contributed by atoms with E-state index in [1.807, 2.05) is 0 Å². The first-order chi connectivity index (χ1) is 11.1. The molecule has 6 nitrogen and oxygen atoms in total. The number of methoxy groups -OCH3 is 1. The van der Waals surface area contributed by atoms with Crippen LogP contribution in [0.25, 0.3) is 0 Å². The highest BCUT2D eigenvalue weighted by Gasteiger charge is 2.28. The van der Waals surface area contributed by atoms with Crippen molar-refractivity contribution in [1.82, 2.24) is 15.5 Å². The molecule has 0 saturated heterocycles. The molecule has 0 spiro atoms. The minimum atomic E-state index is 0.0880. The maximum absolute atomic E-state index is 12.1. The molecule has 0 bridgehead atoms. The smallest absolute Gasteiger partial charge is 0.230 e. The van der Waals surface area contributed by atoms with Crippen LogP contribution in [-0.2, 0) is 9.53 Å². The largest absolute Gasteiger partial charge is 0.383 e. The predicted molar refractivity (Wildman–Crippen MR) is 95.1 cm³/mol. The fraction of sp³-hybridized carbons (Fsp3) is 0.800. The normalized spacial score (nSPS) is 24.4. The Morgan fingerprint density at radius 2 is 2.22 bits per heavy atom. The summed E-state index contributed by atoms with van der Waals surface area (Å²) in [6, 6.07) is 0.313. The van der Waals surface area contributed by atoms with Crippen LogP contribution in [0, 0.1) is 11.8 Å². The fourth-order valence-corrected chi connectivity index (χ4v) is 4.35. The molecule has 2 rings (SSSR count). The van der Waals surface area contributed by atoms with Crippen molar-refractivity contribution in [2.24, 2.45) is 11.8 Å².